The molecule has 2 heterocycles. The van der Waals surface area contributed by atoms with Gasteiger partial charge in [-0.1, -0.05) is 35.3 Å². The lowest BCUT2D eigenvalue weighted by molar-refractivity contribution is 0.122. The Kier molecular flexibility index (Phi) is 4.27. The SMILES string of the molecule is Clc1ccc(-c2nc(N3CCOCC3)c3ccccc3n2)c(Cl)c1. The van der Waals surface area contributed by atoms with Crippen LogP contribution in [0.1, 0.15) is 0 Å². The van der Waals surface area contributed by atoms with E-state index >= 15 is 0 Å². The maximum Gasteiger partial charge on any atom is 0.163 e. The number of hydrogen-bond acceptors (Lipinski definition) is 4. The van der Waals surface area contributed by atoms with Gasteiger partial charge in [-0.05, 0) is 30.3 Å². The number of hydrogen-bond donors (Lipinski definition) is 0. The molecule has 0 bridgehead atoms. The van der Waals surface area contributed by atoms with Crippen molar-refractivity contribution in [1.29, 1.82) is 0 Å². The van der Waals surface area contributed by atoms with Crippen LogP contribution in [0.4, 0.5) is 5.82 Å². The van der Waals surface area contributed by atoms with Crippen molar-refractivity contribution in [3.05, 3.63) is 52.5 Å². The molecule has 0 saturated carbocycles. The zero-order chi connectivity index (χ0) is 16.5. The minimum atomic E-state index is 0.547. The molecule has 6 heteroatoms. The van der Waals surface area contributed by atoms with Gasteiger partial charge in [-0.3, -0.25) is 0 Å². The smallest absolute Gasteiger partial charge is 0.163 e. The Morgan fingerprint density at radius 1 is 0.958 bits per heavy atom. The molecule has 0 N–H and O–H groups in total. The number of morpholine rings is 1. The Morgan fingerprint density at radius 3 is 2.54 bits per heavy atom. The first kappa shape index (κ1) is 15.6. The zero-order valence-electron chi connectivity index (χ0n) is 12.9. The number of fused-ring (bicyclic) bond motifs is 1. The van der Waals surface area contributed by atoms with Crippen molar-refractivity contribution in [2.75, 3.05) is 31.2 Å². The number of rotatable bonds is 2. The fourth-order valence-corrected chi connectivity index (χ4v) is 3.36. The summed E-state index contributed by atoms with van der Waals surface area (Å²) in [6.45, 7) is 3.04. The summed E-state index contributed by atoms with van der Waals surface area (Å²) in [6.07, 6.45) is 0. The van der Waals surface area contributed by atoms with Gasteiger partial charge in [0.15, 0.2) is 5.82 Å². The molecule has 3 aromatic rings. The quantitative estimate of drug-likeness (QED) is 0.677. The summed E-state index contributed by atoms with van der Waals surface area (Å²) in [5.41, 5.74) is 1.68. The van der Waals surface area contributed by atoms with Gasteiger partial charge in [-0.2, -0.15) is 0 Å². The molecule has 1 fully saturated rings. The highest BCUT2D eigenvalue weighted by Gasteiger charge is 2.18. The van der Waals surface area contributed by atoms with Crippen molar-refractivity contribution < 1.29 is 4.74 Å². The van der Waals surface area contributed by atoms with Crippen LogP contribution in [0.5, 0.6) is 0 Å². The molecule has 122 valence electrons. The van der Waals surface area contributed by atoms with Crippen molar-refractivity contribution in [2.24, 2.45) is 0 Å². The van der Waals surface area contributed by atoms with E-state index in [1.807, 2.05) is 30.3 Å². The summed E-state index contributed by atoms with van der Waals surface area (Å²) in [6, 6.07) is 13.4. The van der Waals surface area contributed by atoms with Gasteiger partial charge in [-0.15, -0.1) is 0 Å². The van der Waals surface area contributed by atoms with Gasteiger partial charge in [-0.25, -0.2) is 9.97 Å². The minimum absolute atomic E-state index is 0.547. The Bertz CT molecular complexity index is 895. The van der Waals surface area contributed by atoms with E-state index in [1.165, 1.54) is 0 Å². The van der Waals surface area contributed by atoms with Crippen LogP contribution in [-0.2, 0) is 4.74 Å². The van der Waals surface area contributed by atoms with Gasteiger partial charge in [0, 0.05) is 29.1 Å². The fraction of sp³-hybridized carbons (Fsp3) is 0.222. The molecule has 1 aromatic heterocycles. The third kappa shape index (κ3) is 2.93. The van der Waals surface area contributed by atoms with Crippen molar-refractivity contribution >= 4 is 39.9 Å². The molecule has 1 aliphatic heterocycles. The van der Waals surface area contributed by atoms with Crippen molar-refractivity contribution in [3.63, 3.8) is 0 Å². The molecule has 0 radical (unpaired) electrons. The van der Waals surface area contributed by atoms with Crippen LogP contribution in [0.2, 0.25) is 10.0 Å². The summed E-state index contributed by atoms with van der Waals surface area (Å²) >= 11 is 12.4. The van der Waals surface area contributed by atoms with E-state index in [0.29, 0.717) is 29.1 Å². The lowest BCUT2D eigenvalue weighted by atomic mass is 10.1. The molecular formula is C18H15Cl2N3O. The van der Waals surface area contributed by atoms with Crippen LogP contribution < -0.4 is 4.90 Å². The van der Waals surface area contributed by atoms with Crippen LogP contribution in [0.3, 0.4) is 0 Å². The molecule has 2 aromatic carbocycles. The normalized spacial score (nSPS) is 15.0. The zero-order valence-corrected chi connectivity index (χ0v) is 14.4. The Morgan fingerprint density at radius 2 is 1.75 bits per heavy atom. The largest absolute Gasteiger partial charge is 0.378 e. The molecule has 1 saturated heterocycles. The molecule has 4 rings (SSSR count). The van der Waals surface area contributed by atoms with Crippen molar-refractivity contribution in [2.45, 2.75) is 0 Å². The summed E-state index contributed by atoms with van der Waals surface area (Å²) in [4.78, 5) is 11.7. The monoisotopic (exact) mass is 359 g/mol. The molecule has 24 heavy (non-hydrogen) atoms. The predicted molar refractivity (Wildman–Crippen MR) is 98.0 cm³/mol. The van der Waals surface area contributed by atoms with E-state index in [-0.39, 0.29) is 0 Å². The Hall–Kier alpha value is -1.88. The molecule has 1 aliphatic rings. The first-order chi connectivity index (χ1) is 11.7. The summed E-state index contributed by atoms with van der Waals surface area (Å²) in [5, 5.41) is 2.18. The van der Waals surface area contributed by atoms with Gasteiger partial charge < -0.3 is 9.64 Å². The molecule has 0 unspecified atom stereocenters. The Balaban J connectivity index is 1.90. The number of nitrogens with zero attached hydrogens (tertiary/aromatic N) is 3. The number of ether oxygens (including phenoxy) is 1. The van der Waals surface area contributed by atoms with Gasteiger partial charge in [0.1, 0.15) is 5.82 Å². The van der Waals surface area contributed by atoms with E-state index in [4.69, 9.17) is 37.9 Å². The second-order valence-corrected chi connectivity index (χ2v) is 6.46. The highest BCUT2D eigenvalue weighted by Crippen LogP contribution is 2.32. The number of halogens is 2. The molecule has 0 aliphatic carbocycles. The standard InChI is InChI=1S/C18H15Cl2N3O/c19-12-5-6-13(15(20)11-12)17-21-16-4-2-1-3-14(16)18(22-17)23-7-9-24-10-8-23/h1-6,11H,7-10H2. The van der Waals surface area contributed by atoms with E-state index in [2.05, 4.69) is 4.90 Å². The second kappa shape index (κ2) is 6.55. The summed E-state index contributed by atoms with van der Waals surface area (Å²) < 4.78 is 5.46. The van der Waals surface area contributed by atoms with E-state index in [9.17, 15) is 0 Å². The van der Waals surface area contributed by atoms with Gasteiger partial charge in [0.25, 0.3) is 0 Å². The topological polar surface area (TPSA) is 38.2 Å². The second-order valence-electron chi connectivity index (χ2n) is 5.61. The Labute approximate surface area is 150 Å². The van der Waals surface area contributed by atoms with Gasteiger partial charge in [0.05, 0.1) is 23.8 Å². The number of para-hydroxylation sites is 1. The number of anilines is 1. The fourth-order valence-electron chi connectivity index (χ4n) is 2.87. The average Bonchev–Trinajstić information content (AvgIpc) is 2.61. The van der Waals surface area contributed by atoms with Gasteiger partial charge in [0.2, 0.25) is 0 Å². The first-order valence-electron chi connectivity index (χ1n) is 7.77. The maximum atomic E-state index is 6.36. The first-order valence-corrected chi connectivity index (χ1v) is 8.53. The molecule has 0 spiro atoms. The molecule has 0 atom stereocenters. The lowest BCUT2D eigenvalue weighted by Gasteiger charge is -2.29. The highest BCUT2D eigenvalue weighted by molar-refractivity contribution is 6.36. The molecule has 4 nitrogen and oxygen atoms in total. The maximum absolute atomic E-state index is 6.36. The number of aromatic nitrogens is 2. The summed E-state index contributed by atoms with van der Waals surface area (Å²) in [5.74, 6) is 1.53. The highest BCUT2D eigenvalue weighted by atomic mass is 35.5. The van der Waals surface area contributed by atoms with E-state index < -0.39 is 0 Å². The van der Waals surface area contributed by atoms with Crippen LogP contribution >= 0.6 is 23.2 Å². The lowest BCUT2D eigenvalue weighted by Crippen LogP contribution is -2.37. The molecule has 0 amide bonds. The van der Waals surface area contributed by atoms with Crippen LogP contribution in [0.15, 0.2) is 42.5 Å². The third-order valence-corrected chi connectivity index (χ3v) is 4.61. The van der Waals surface area contributed by atoms with Crippen LogP contribution in [0.25, 0.3) is 22.3 Å². The molecular weight excluding hydrogens is 345 g/mol. The van der Waals surface area contributed by atoms with Crippen LogP contribution in [0, 0.1) is 0 Å². The van der Waals surface area contributed by atoms with Crippen molar-refractivity contribution in [1.82, 2.24) is 9.97 Å². The third-order valence-electron chi connectivity index (χ3n) is 4.07. The van der Waals surface area contributed by atoms with E-state index in [0.717, 1.165) is 35.4 Å². The number of benzene rings is 2. The van der Waals surface area contributed by atoms with Crippen molar-refractivity contribution in [3.8, 4) is 11.4 Å². The van der Waals surface area contributed by atoms with E-state index in [1.54, 1.807) is 12.1 Å². The summed E-state index contributed by atoms with van der Waals surface area (Å²) in [7, 11) is 0. The average molecular weight is 360 g/mol. The van der Waals surface area contributed by atoms with Gasteiger partial charge >= 0.3 is 0 Å². The van der Waals surface area contributed by atoms with Crippen LogP contribution in [-0.4, -0.2) is 36.3 Å². The minimum Gasteiger partial charge on any atom is -0.378 e. The predicted octanol–water partition coefficient (Wildman–Crippen LogP) is 4.44.